The van der Waals surface area contributed by atoms with E-state index in [0.717, 1.165) is 27.0 Å². The first-order valence-corrected chi connectivity index (χ1v) is 8.79. The van der Waals surface area contributed by atoms with Crippen LogP contribution < -0.4 is 0 Å². The summed E-state index contributed by atoms with van der Waals surface area (Å²) < 4.78 is 6.42. The number of carbonyl (C=O) groups excluding carboxylic acids is 1. The highest BCUT2D eigenvalue weighted by atomic mass is 32.1. The van der Waals surface area contributed by atoms with Gasteiger partial charge in [-0.1, -0.05) is 0 Å². The van der Waals surface area contributed by atoms with Crippen molar-refractivity contribution in [2.24, 2.45) is 0 Å². The number of ether oxygens (including phenoxy) is 1. The zero-order valence-electron chi connectivity index (χ0n) is 13.4. The lowest BCUT2D eigenvalue weighted by atomic mass is 10.0. The van der Waals surface area contributed by atoms with Gasteiger partial charge in [-0.05, 0) is 36.1 Å². The Labute approximate surface area is 143 Å². The van der Waals surface area contributed by atoms with Gasteiger partial charge in [0.05, 0.1) is 34.7 Å². The monoisotopic (exact) mass is 339 g/mol. The molecule has 3 aromatic rings. The van der Waals surface area contributed by atoms with E-state index in [1.54, 1.807) is 23.7 Å². The zero-order chi connectivity index (χ0) is 16.5. The summed E-state index contributed by atoms with van der Waals surface area (Å²) in [5, 5.41) is 2.01. The maximum atomic E-state index is 13.1. The molecule has 1 saturated heterocycles. The van der Waals surface area contributed by atoms with E-state index in [1.807, 2.05) is 35.4 Å². The minimum Gasteiger partial charge on any atom is -0.378 e. The van der Waals surface area contributed by atoms with E-state index in [-0.39, 0.29) is 5.91 Å². The van der Waals surface area contributed by atoms with Crippen molar-refractivity contribution in [2.45, 2.75) is 6.92 Å². The van der Waals surface area contributed by atoms with Crippen molar-refractivity contribution in [3.8, 4) is 11.3 Å². The fourth-order valence-electron chi connectivity index (χ4n) is 3.02. The molecule has 0 aromatic carbocycles. The summed E-state index contributed by atoms with van der Waals surface area (Å²) in [6.45, 7) is 4.38. The predicted molar refractivity (Wildman–Crippen MR) is 94.3 cm³/mol. The molecule has 0 radical (unpaired) electrons. The highest BCUT2D eigenvalue weighted by molar-refractivity contribution is 7.17. The van der Waals surface area contributed by atoms with Crippen molar-refractivity contribution in [3.63, 3.8) is 0 Å². The van der Waals surface area contributed by atoms with Gasteiger partial charge in [0.15, 0.2) is 0 Å². The number of fused-ring (bicyclic) bond motifs is 1. The SMILES string of the molecule is Cc1ccnc(-c2ccnc3ccsc23)c1C(=O)N1CCOCC1. The molecule has 5 nitrogen and oxygen atoms in total. The van der Waals surface area contributed by atoms with Gasteiger partial charge in [0, 0.05) is 31.0 Å². The number of hydrogen-bond acceptors (Lipinski definition) is 5. The first-order chi connectivity index (χ1) is 11.8. The molecule has 1 amide bonds. The number of aryl methyl sites for hydroxylation is 1. The first-order valence-electron chi connectivity index (χ1n) is 7.91. The Morgan fingerprint density at radius 1 is 1.17 bits per heavy atom. The third-order valence-corrected chi connectivity index (χ3v) is 5.21. The minimum absolute atomic E-state index is 0.0282. The topological polar surface area (TPSA) is 55.3 Å². The molecule has 0 bridgehead atoms. The second-order valence-corrected chi connectivity index (χ2v) is 6.67. The van der Waals surface area contributed by atoms with Gasteiger partial charge in [0.2, 0.25) is 0 Å². The number of morpholine rings is 1. The summed E-state index contributed by atoms with van der Waals surface area (Å²) in [5.41, 5.74) is 4.26. The molecular formula is C18H17N3O2S. The Kier molecular flexibility index (Phi) is 4.00. The van der Waals surface area contributed by atoms with E-state index in [2.05, 4.69) is 9.97 Å². The van der Waals surface area contributed by atoms with E-state index >= 15 is 0 Å². The van der Waals surface area contributed by atoms with E-state index in [1.165, 1.54) is 0 Å². The molecule has 0 spiro atoms. The summed E-state index contributed by atoms with van der Waals surface area (Å²) in [4.78, 5) is 23.9. The largest absolute Gasteiger partial charge is 0.378 e. The second kappa shape index (κ2) is 6.30. The highest BCUT2D eigenvalue weighted by Crippen LogP contribution is 2.33. The van der Waals surface area contributed by atoms with Gasteiger partial charge in [-0.3, -0.25) is 14.8 Å². The van der Waals surface area contributed by atoms with Crippen LogP contribution in [0.4, 0.5) is 0 Å². The van der Waals surface area contributed by atoms with Gasteiger partial charge in [-0.2, -0.15) is 0 Å². The summed E-state index contributed by atoms with van der Waals surface area (Å²) in [6.07, 6.45) is 3.54. The summed E-state index contributed by atoms with van der Waals surface area (Å²) in [6, 6.07) is 5.82. The molecule has 0 aliphatic carbocycles. The molecule has 6 heteroatoms. The maximum absolute atomic E-state index is 13.1. The fourth-order valence-corrected chi connectivity index (χ4v) is 3.88. The van der Waals surface area contributed by atoms with E-state index in [9.17, 15) is 4.79 Å². The molecule has 4 heterocycles. The number of aromatic nitrogens is 2. The van der Waals surface area contributed by atoms with Gasteiger partial charge in [0.1, 0.15) is 0 Å². The first kappa shape index (κ1) is 15.2. The quantitative estimate of drug-likeness (QED) is 0.720. The number of thiophene rings is 1. The van der Waals surface area contributed by atoms with Crippen LogP contribution in [-0.4, -0.2) is 47.1 Å². The summed E-state index contributed by atoms with van der Waals surface area (Å²) in [5.74, 6) is 0.0282. The fraction of sp³-hybridized carbons (Fsp3) is 0.278. The Balaban J connectivity index is 1.86. The normalized spacial score (nSPS) is 15.0. The van der Waals surface area contributed by atoms with E-state index < -0.39 is 0 Å². The Hall–Kier alpha value is -2.31. The van der Waals surface area contributed by atoms with Crippen LogP contribution in [0.5, 0.6) is 0 Å². The number of hydrogen-bond donors (Lipinski definition) is 0. The third kappa shape index (κ3) is 2.57. The third-order valence-electron chi connectivity index (χ3n) is 4.27. The van der Waals surface area contributed by atoms with Crippen LogP contribution in [0.2, 0.25) is 0 Å². The van der Waals surface area contributed by atoms with Crippen LogP contribution in [0.3, 0.4) is 0 Å². The molecule has 1 aliphatic heterocycles. The summed E-state index contributed by atoms with van der Waals surface area (Å²) in [7, 11) is 0. The second-order valence-electron chi connectivity index (χ2n) is 5.75. The average Bonchev–Trinajstić information content (AvgIpc) is 3.10. The lowest BCUT2D eigenvalue weighted by Crippen LogP contribution is -2.41. The number of rotatable bonds is 2. The molecule has 3 aromatic heterocycles. The molecule has 122 valence electrons. The van der Waals surface area contributed by atoms with Crippen molar-refractivity contribution < 1.29 is 9.53 Å². The number of carbonyl (C=O) groups is 1. The van der Waals surface area contributed by atoms with Crippen LogP contribution in [-0.2, 0) is 4.74 Å². The smallest absolute Gasteiger partial charge is 0.256 e. The average molecular weight is 339 g/mol. The van der Waals surface area contributed by atoms with Gasteiger partial charge in [-0.15, -0.1) is 11.3 Å². The molecule has 1 fully saturated rings. The number of pyridine rings is 2. The minimum atomic E-state index is 0.0282. The van der Waals surface area contributed by atoms with Crippen LogP contribution in [0.1, 0.15) is 15.9 Å². The van der Waals surface area contributed by atoms with Crippen LogP contribution in [0.25, 0.3) is 21.5 Å². The van der Waals surface area contributed by atoms with Crippen LogP contribution >= 0.6 is 11.3 Å². The van der Waals surface area contributed by atoms with Crippen molar-refractivity contribution in [1.82, 2.24) is 14.9 Å². The van der Waals surface area contributed by atoms with E-state index in [4.69, 9.17) is 4.74 Å². The molecule has 1 aliphatic rings. The number of amides is 1. The van der Waals surface area contributed by atoms with Crippen molar-refractivity contribution in [3.05, 3.63) is 47.1 Å². The molecule has 0 unspecified atom stereocenters. The van der Waals surface area contributed by atoms with E-state index in [0.29, 0.717) is 31.9 Å². The molecule has 4 rings (SSSR count). The van der Waals surface area contributed by atoms with Gasteiger partial charge in [0.25, 0.3) is 5.91 Å². The Bertz CT molecular complexity index is 900. The zero-order valence-corrected chi connectivity index (χ0v) is 14.2. The van der Waals surface area contributed by atoms with Gasteiger partial charge < -0.3 is 9.64 Å². The highest BCUT2D eigenvalue weighted by Gasteiger charge is 2.25. The molecule has 0 saturated carbocycles. The molecule has 0 N–H and O–H groups in total. The van der Waals surface area contributed by atoms with Gasteiger partial charge >= 0.3 is 0 Å². The van der Waals surface area contributed by atoms with Crippen molar-refractivity contribution >= 4 is 27.5 Å². The lowest BCUT2D eigenvalue weighted by Gasteiger charge is -2.28. The molecular weight excluding hydrogens is 322 g/mol. The molecule has 24 heavy (non-hydrogen) atoms. The summed E-state index contributed by atoms with van der Waals surface area (Å²) >= 11 is 1.62. The predicted octanol–water partition coefficient (Wildman–Crippen LogP) is 3.14. The van der Waals surface area contributed by atoms with Crippen molar-refractivity contribution in [1.29, 1.82) is 0 Å². The maximum Gasteiger partial charge on any atom is 0.256 e. The Morgan fingerprint density at radius 3 is 2.79 bits per heavy atom. The van der Waals surface area contributed by atoms with Gasteiger partial charge in [-0.25, -0.2) is 0 Å². The lowest BCUT2D eigenvalue weighted by molar-refractivity contribution is 0.0302. The van der Waals surface area contributed by atoms with Crippen LogP contribution in [0.15, 0.2) is 36.0 Å². The number of nitrogens with zero attached hydrogens (tertiary/aromatic N) is 3. The van der Waals surface area contributed by atoms with Crippen molar-refractivity contribution in [2.75, 3.05) is 26.3 Å². The Morgan fingerprint density at radius 2 is 1.96 bits per heavy atom. The standard InChI is InChI=1S/C18H17N3O2S/c1-12-2-5-20-16(13-3-6-19-14-4-11-24-17(13)14)15(12)18(22)21-7-9-23-10-8-21/h2-6,11H,7-10H2,1H3. The van der Waals surface area contributed by atoms with Crippen LogP contribution in [0, 0.1) is 6.92 Å². The molecule has 0 atom stereocenters.